The van der Waals surface area contributed by atoms with Crippen molar-refractivity contribution in [2.75, 3.05) is 12.0 Å². The van der Waals surface area contributed by atoms with E-state index >= 15 is 0 Å². The summed E-state index contributed by atoms with van der Waals surface area (Å²) in [6.45, 7) is 2.01. The van der Waals surface area contributed by atoms with E-state index in [9.17, 15) is 8.42 Å². The molecule has 0 aromatic carbocycles. The Morgan fingerprint density at radius 3 is 2.50 bits per heavy atom. The van der Waals surface area contributed by atoms with Crippen molar-refractivity contribution < 1.29 is 8.42 Å². The lowest BCUT2D eigenvalue weighted by Gasteiger charge is -2.07. The van der Waals surface area contributed by atoms with Gasteiger partial charge in [-0.3, -0.25) is 0 Å². The van der Waals surface area contributed by atoms with Crippen LogP contribution in [-0.4, -0.2) is 24.6 Å². The predicted molar refractivity (Wildman–Crippen MR) is 66.7 cm³/mol. The van der Waals surface area contributed by atoms with E-state index in [0.29, 0.717) is 4.47 Å². The number of anilines is 1. The van der Waals surface area contributed by atoms with Gasteiger partial charge in [-0.15, -0.1) is 0 Å². The third-order valence-corrected chi connectivity index (χ3v) is 3.52. The molecule has 0 fully saturated rings. The first kappa shape index (κ1) is 13.4. The van der Waals surface area contributed by atoms with E-state index in [1.165, 1.54) is 0 Å². The zero-order valence-corrected chi connectivity index (χ0v) is 11.6. The molecular formula is C9H14BrN3O2S. The van der Waals surface area contributed by atoms with Crippen LogP contribution in [0.2, 0.25) is 0 Å². The molecular weight excluding hydrogens is 294 g/mol. The van der Waals surface area contributed by atoms with E-state index in [1.807, 2.05) is 6.92 Å². The minimum Gasteiger partial charge on any atom is -0.383 e. The lowest BCUT2D eigenvalue weighted by atomic mass is 10.2. The number of rotatable bonds is 4. The van der Waals surface area contributed by atoms with E-state index in [4.69, 9.17) is 5.73 Å². The second kappa shape index (κ2) is 5.09. The van der Waals surface area contributed by atoms with Gasteiger partial charge in [-0.2, -0.15) is 0 Å². The fourth-order valence-electron chi connectivity index (χ4n) is 1.27. The van der Waals surface area contributed by atoms with Crippen molar-refractivity contribution in [1.29, 1.82) is 0 Å². The number of aryl methyl sites for hydroxylation is 1. The second-order valence-electron chi connectivity index (χ2n) is 3.61. The minimum atomic E-state index is -3.13. The Bertz CT molecular complexity index is 488. The van der Waals surface area contributed by atoms with Crippen LogP contribution < -0.4 is 5.73 Å². The molecule has 2 N–H and O–H groups in total. The molecule has 0 aliphatic rings. The summed E-state index contributed by atoms with van der Waals surface area (Å²) in [5.74, 6) is 0.366. The van der Waals surface area contributed by atoms with Gasteiger partial charge in [-0.1, -0.05) is 13.3 Å². The molecule has 0 atom stereocenters. The number of halogens is 1. The predicted octanol–water partition coefficient (Wildman–Crippen LogP) is 1.32. The van der Waals surface area contributed by atoms with Crippen LogP contribution in [0.5, 0.6) is 0 Å². The van der Waals surface area contributed by atoms with Crippen LogP contribution in [0.3, 0.4) is 0 Å². The first-order chi connectivity index (χ1) is 7.33. The number of hydrogen-bond donors (Lipinski definition) is 1. The van der Waals surface area contributed by atoms with Crippen LogP contribution in [0.25, 0.3) is 0 Å². The molecule has 1 aromatic rings. The van der Waals surface area contributed by atoms with Gasteiger partial charge in [0.25, 0.3) is 0 Å². The van der Waals surface area contributed by atoms with Crippen LogP contribution in [0, 0.1) is 0 Å². The highest BCUT2D eigenvalue weighted by Gasteiger charge is 2.13. The Balaban J connectivity index is 3.13. The van der Waals surface area contributed by atoms with Gasteiger partial charge < -0.3 is 5.73 Å². The average molecular weight is 308 g/mol. The molecule has 0 amide bonds. The van der Waals surface area contributed by atoms with Crippen LogP contribution in [0.1, 0.15) is 24.9 Å². The molecule has 16 heavy (non-hydrogen) atoms. The van der Waals surface area contributed by atoms with Crippen molar-refractivity contribution in [3.8, 4) is 0 Å². The van der Waals surface area contributed by atoms with Gasteiger partial charge in [0, 0.05) is 6.26 Å². The molecule has 0 unspecified atom stereocenters. The molecule has 0 saturated carbocycles. The number of aromatic nitrogens is 2. The highest BCUT2D eigenvalue weighted by Crippen LogP contribution is 2.22. The second-order valence-corrected chi connectivity index (χ2v) is 6.54. The maximum Gasteiger partial charge on any atom is 0.154 e. The van der Waals surface area contributed by atoms with E-state index in [-0.39, 0.29) is 17.4 Å². The molecule has 0 aliphatic carbocycles. The van der Waals surface area contributed by atoms with Crippen LogP contribution in [0.15, 0.2) is 4.47 Å². The smallest absolute Gasteiger partial charge is 0.154 e. The summed E-state index contributed by atoms with van der Waals surface area (Å²) in [6, 6.07) is 0. The Hall–Kier alpha value is -0.690. The summed E-state index contributed by atoms with van der Waals surface area (Å²) >= 11 is 3.30. The quantitative estimate of drug-likeness (QED) is 0.906. The van der Waals surface area contributed by atoms with Crippen molar-refractivity contribution in [3.05, 3.63) is 16.0 Å². The van der Waals surface area contributed by atoms with Crippen molar-refractivity contribution in [2.45, 2.75) is 25.5 Å². The average Bonchev–Trinajstić information content (AvgIpc) is 2.11. The van der Waals surface area contributed by atoms with Gasteiger partial charge in [0.1, 0.15) is 17.4 Å². The van der Waals surface area contributed by atoms with Crippen LogP contribution in [0.4, 0.5) is 5.82 Å². The summed E-state index contributed by atoms with van der Waals surface area (Å²) < 4.78 is 22.9. The number of nitrogen functional groups attached to an aromatic ring is 1. The van der Waals surface area contributed by atoms with Gasteiger partial charge in [-0.05, 0) is 22.4 Å². The number of sulfone groups is 1. The fraction of sp³-hybridized carbons (Fsp3) is 0.556. The normalized spacial score (nSPS) is 11.7. The van der Waals surface area contributed by atoms with Gasteiger partial charge in [-0.25, -0.2) is 18.4 Å². The molecule has 0 saturated heterocycles. The molecule has 0 radical (unpaired) electrons. The third-order valence-electron chi connectivity index (χ3n) is 1.87. The van der Waals surface area contributed by atoms with Gasteiger partial charge in [0.15, 0.2) is 9.84 Å². The van der Waals surface area contributed by atoms with E-state index < -0.39 is 9.84 Å². The van der Waals surface area contributed by atoms with Gasteiger partial charge >= 0.3 is 0 Å². The van der Waals surface area contributed by atoms with Crippen LogP contribution in [-0.2, 0) is 22.0 Å². The molecule has 1 aromatic heterocycles. The third kappa shape index (κ3) is 3.71. The Kier molecular flexibility index (Phi) is 4.26. The first-order valence-electron chi connectivity index (χ1n) is 4.82. The molecule has 0 aliphatic heterocycles. The highest BCUT2D eigenvalue weighted by molar-refractivity contribution is 9.10. The van der Waals surface area contributed by atoms with Crippen molar-refractivity contribution in [3.63, 3.8) is 0 Å². The zero-order chi connectivity index (χ0) is 12.3. The number of hydrogen-bond acceptors (Lipinski definition) is 5. The summed E-state index contributed by atoms with van der Waals surface area (Å²) in [5, 5.41) is 0. The molecule has 7 heteroatoms. The number of nitrogens with two attached hydrogens (primary N) is 1. The monoisotopic (exact) mass is 307 g/mol. The molecule has 0 spiro atoms. The van der Waals surface area contributed by atoms with E-state index in [1.54, 1.807) is 0 Å². The van der Waals surface area contributed by atoms with E-state index in [0.717, 1.165) is 24.8 Å². The lowest BCUT2D eigenvalue weighted by molar-refractivity contribution is 0.599. The maximum absolute atomic E-state index is 11.1. The number of nitrogens with zero attached hydrogens (tertiary/aromatic N) is 2. The Morgan fingerprint density at radius 1 is 1.38 bits per heavy atom. The minimum absolute atomic E-state index is 0.179. The Labute approximate surface area is 104 Å². The maximum atomic E-state index is 11.1. The Morgan fingerprint density at radius 2 is 2.00 bits per heavy atom. The summed E-state index contributed by atoms with van der Waals surface area (Å²) in [5.41, 5.74) is 6.44. The fourth-order valence-corrected chi connectivity index (χ4v) is 2.24. The molecule has 0 bridgehead atoms. The van der Waals surface area contributed by atoms with Crippen molar-refractivity contribution in [1.82, 2.24) is 9.97 Å². The molecule has 90 valence electrons. The largest absolute Gasteiger partial charge is 0.383 e. The van der Waals surface area contributed by atoms with Gasteiger partial charge in [0.05, 0.1) is 10.2 Å². The van der Waals surface area contributed by atoms with Crippen molar-refractivity contribution in [2.24, 2.45) is 0 Å². The standard InChI is InChI=1S/C9H14BrN3O2S/c1-3-4-6-8(10)9(11)13-7(12-6)5-16(2,14)15/h3-5H2,1-2H3,(H2,11,12,13). The van der Waals surface area contributed by atoms with Crippen LogP contribution >= 0.6 is 15.9 Å². The van der Waals surface area contributed by atoms with E-state index in [2.05, 4.69) is 25.9 Å². The molecule has 1 rings (SSSR count). The van der Waals surface area contributed by atoms with Crippen molar-refractivity contribution >= 4 is 31.6 Å². The zero-order valence-electron chi connectivity index (χ0n) is 9.20. The topological polar surface area (TPSA) is 85.9 Å². The summed E-state index contributed by atoms with van der Waals surface area (Å²) in [6.07, 6.45) is 2.80. The summed E-state index contributed by atoms with van der Waals surface area (Å²) in [4.78, 5) is 8.13. The lowest BCUT2D eigenvalue weighted by Crippen LogP contribution is -2.10. The van der Waals surface area contributed by atoms with Gasteiger partial charge in [0.2, 0.25) is 0 Å². The first-order valence-corrected chi connectivity index (χ1v) is 7.67. The SMILES string of the molecule is CCCc1nc(CS(C)(=O)=O)nc(N)c1Br. The summed E-state index contributed by atoms with van der Waals surface area (Å²) in [7, 11) is -3.13. The highest BCUT2D eigenvalue weighted by atomic mass is 79.9. The molecule has 5 nitrogen and oxygen atoms in total. The molecule has 1 heterocycles.